The quantitative estimate of drug-likeness (QED) is 0.867. The van der Waals surface area contributed by atoms with Crippen molar-refractivity contribution in [2.75, 3.05) is 6.54 Å². The standard InChI is InChI=1S/C9H11N3S2/c10-3-1-2-8-12-7(6-14-8)9-11-4-5-13-9/h4-6H,1-3,10H2. The first-order valence-corrected chi connectivity index (χ1v) is 6.20. The van der Waals surface area contributed by atoms with E-state index in [0.717, 1.165) is 35.1 Å². The average molecular weight is 225 g/mol. The van der Waals surface area contributed by atoms with Gasteiger partial charge >= 0.3 is 0 Å². The average Bonchev–Trinajstić information content (AvgIpc) is 2.85. The van der Waals surface area contributed by atoms with Gasteiger partial charge in [0.15, 0.2) is 0 Å². The third kappa shape index (κ3) is 2.17. The fraction of sp³-hybridized carbons (Fsp3) is 0.333. The Kier molecular flexibility index (Phi) is 3.23. The van der Waals surface area contributed by atoms with Gasteiger partial charge in [-0.25, -0.2) is 9.97 Å². The Morgan fingerprint density at radius 3 is 3.00 bits per heavy atom. The molecule has 0 aromatic carbocycles. The largest absolute Gasteiger partial charge is 0.330 e. The summed E-state index contributed by atoms with van der Waals surface area (Å²) in [5.41, 5.74) is 6.44. The molecule has 0 unspecified atom stereocenters. The summed E-state index contributed by atoms with van der Waals surface area (Å²) in [6.45, 7) is 0.728. The summed E-state index contributed by atoms with van der Waals surface area (Å²) in [6, 6.07) is 0. The smallest absolute Gasteiger partial charge is 0.142 e. The van der Waals surface area contributed by atoms with Crippen LogP contribution >= 0.6 is 22.7 Å². The molecule has 3 nitrogen and oxygen atoms in total. The Hall–Kier alpha value is -0.780. The Morgan fingerprint density at radius 1 is 1.36 bits per heavy atom. The molecule has 0 radical (unpaired) electrons. The van der Waals surface area contributed by atoms with Crippen molar-refractivity contribution in [2.24, 2.45) is 5.73 Å². The van der Waals surface area contributed by atoms with Crippen LogP contribution in [0.1, 0.15) is 11.4 Å². The van der Waals surface area contributed by atoms with Crippen molar-refractivity contribution in [3.63, 3.8) is 0 Å². The Bertz CT molecular complexity index is 380. The minimum absolute atomic E-state index is 0.728. The third-order valence-corrected chi connectivity index (χ3v) is 3.50. The van der Waals surface area contributed by atoms with Gasteiger partial charge in [0.05, 0.1) is 5.01 Å². The molecule has 2 N–H and O–H groups in total. The Morgan fingerprint density at radius 2 is 2.29 bits per heavy atom. The van der Waals surface area contributed by atoms with Gasteiger partial charge in [-0.1, -0.05) is 0 Å². The second-order valence-electron chi connectivity index (χ2n) is 2.86. The van der Waals surface area contributed by atoms with Gasteiger partial charge in [-0.2, -0.15) is 0 Å². The molecular weight excluding hydrogens is 214 g/mol. The molecule has 14 heavy (non-hydrogen) atoms. The summed E-state index contributed by atoms with van der Waals surface area (Å²) in [5, 5.41) is 6.18. The van der Waals surface area contributed by atoms with Gasteiger partial charge in [0, 0.05) is 23.4 Å². The van der Waals surface area contributed by atoms with E-state index in [1.807, 2.05) is 5.38 Å². The predicted octanol–water partition coefficient (Wildman–Crippen LogP) is 2.16. The zero-order valence-electron chi connectivity index (χ0n) is 7.64. The fourth-order valence-electron chi connectivity index (χ4n) is 1.13. The van der Waals surface area contributed by atoms with Gasteiger partial charge in [-0.15, -0.1) is 22.7 Å². The number of nitrogens with two attached hydrogens (primary N) is 1. The summed E-state index contributed by atoms with van der Waals surface area (Å²) in [5.74, 6) is 0. The topological polar surface area (TPSA) is 51.8 Å². The Labute approximate surface area is 90.6 Å². The van der Waals surface area contributed by atoms with Crippen LogP contribution < -0.4 is 5.73 Å². The molecule has 2 heterocycles. The van der Waals surface area contributed by atoms with Crippen molar-refractivity contribution in [3.05, 3.63) is 22.0 Å². The van der Waals surface area contributed by atoms with Gasteiger partial charge in [0.25, 0.3) is 0 Å². The van der Waals surface area contributed by atoms with Gasteiger partial charge < -0.3 is 5.73 Å². The molecule has 0 fully saturated rings. The zero-order chi connectivity index (χ0) is 9.80. The maximum Gasteiger partial charge on any atom is 0.142 e. The van der Waals surface area contributed by atoms with Crippen molar-refractivity contribution in [1.29, 1.82) is 0 Å². The lowest BCUT2D eigenvalue weighted by molar-refractivity contribution is 0.826. The van der Waals surface area contributed by atoms with Gasteiger partial charge in [-0.3, -0.25) is 0 Å². The summed E-state index contributed by atoms with van der Waals surface area (Å²) < 4.78 is 0. The van der Waals surface area contributed by atoms with Crippen LogP contribution in [0.2, 0.25) is 0 Å². The highest BCUT2D eigenvalue weighted by Gasteiger charge is 2.05. The summed E-state index contributed by atoms with van der Waals surface area (Å²) in [4.78, 5) is 8.72. The zero-order valence-corrected chi connectivity index (χ0v) is 9.27. The van der Waals surface area contributed by atoms with E-state index in [9.17, 15) is 0 Å². The van der Waals surface area contributed by atoms with Crippen molar-refractivity contribution in [1.82, 2.24) is 9.97 Å². The van der Waals surface area contributed by atoms with E-state index >= 15 is 0 Å². The van der Waals surface area contributed by atoms with Crippen LogP contribution in [0.4, 0.5) is 0 Å². The highest BCUT2D eigenvalue weighted by molar-refractivity contribution is 7.14. The van der Waals surface area contributed by atoms with Crippen LogP contribution in [0.3, 0.4) is 0 Å². The van der Waals surface area contributed by atoms with Crippen LogP contribution in [0.15, 0.2) is 17.0 Å². The molecule has 2 aromatic rings. The second kappa shape index (κ2) is 4.63. The molecule has 0 atom stereocenters. The van der Waals surface area contributed by atoms with Crippen molar-refractivity contribution in [3.8, 4) is 10.7 Å². The third-order valence-electron chi connectivity index (χ3n) is 1.80. The van der Waals surface area contributed by atoms with Gasteiger partial charge in [0.2, 0.25) is 0 Å². The highest BCUT2D eigenvalue weighted by Crippen LogP contribution is 2.23. The monoisotopic (exact) mass is 225 g/mol. The molecule has 74 valence electrons. The number of rotatable bonds is 4. The molecule has 0 aliphatic heterocycles. The molecule has 2 aromatic heterocycles. The lowest BCUT2D eigenvalue weighted by Crippen LogP contribution is -1.99. The maximum absolute atomic E-state index is 5.44. The van der Waals surface area contributed by atoms with E-state index < -0.39 is 0 Å². The lowest BCUT2D eigenvalue weighted by atomic mass is 10.3. The normalized spacial score (nSPS) is 10.6. The second-order valence-corrected chi connectivity index (χ2v) is 4.69. The number of aryl methyl sites for hydroxylation is 1. The SMILES string of the molecule is NCCCc1nc(-c2nccs2)cs1. The minimum atomic E-state index is 0.728. The van der Waals surface area contributed by atoms with E-state index in [1.54, 1.807) is 28.9 Å². The van der Waals surface area contributed by atoms with E-state index in [0.29, 0.717) is 0 Å². The molecule has 0 saturated carbocycles. The molecule has 0 amide bonds. The summed E-state index contributed by atoms with van der Waals surface area (Å²) in [7, 11) is 0. The molecule has 5 heteroatoms. The molecule has 0 aliphatic rings. The number of hydrogen-bond donors (Lipinski definition) is 1. The van der Waals surface area contributed by atoms with Crippen LogP contribution in [-0.4, -0.2) is 16.5 Å². The Balaban J connectivity index is 2.10. The number of aromatic nitrogens is 2. The minimum Gasteiger partial charge on any atom is -0.330 e. The van der Waals surface area contributed by atoms with E-state index in [2.05, 4.69) is 15.3 Å². The molecular formula is C9H11N3S2. The fourth-order valence-corrected chi connectivity index (χ4v) is 2.62. The van der Waals surface area contributed by atoms with Gasteiger partial charge in [-0.05, 0) is 13.0 Å². The summed E-state index contributed by atoms with van der Waals surface area (Å²) >= 11 is 3.31. The molecule has 0 aliphatic carbocycles. The summed E-state index contributed by atoms with van der Waals surface area (Å²) in [6.07, 6.45) is 3.79. The number of hydrogen-bond acceptors (Lipinski definition) is 5. The van der Waals surface area contributed by atoms with Crippen LogP contribution in [-0.2, 0) is 6.42 Å². The lowest BCUT2D eigenvalue weighted by Gasteiger charge is -1.91. The maximum atomic E-state index is 5.44. The van der Waals surface area contributed by atoms with Crippen molar-refractivity contribution >= 4 is 22.7 Å². The first kappa shape index (κ1) is 9.76. The molecule has 2 rings (SSSR count). The highest BCUT2D eigenvalue weighted by atomic mass is 32.1. The van der Waals surface area contributed by atoms with Crippen LogP contribution in [0.5, 0.6) is 0 Å². The van der Waals surface area contributed by atoms with E-state index in [4.69, 9.17) is 5.73 Å². The first-order chi connectivity index (χ1) is 6.90. The molecule has 0 saturated heterocycles. The van der Waals surface area contributed by atoms with Gasteiger partial charge in [0.1, 0.15) is 10.7 Å². The van der Waals surface area contributed by atoms with E-state index in [1.165, 1.54) is 0 Å². The number of nitrogens with zero attached hydrogens (tertiary/aromatic N) is 2. The molecule has 0 bridgehead atoms. The number of thiazole rings is 2. The molecule has 0 spiro atoms. The van der Waals surface area contributed by atoms with E-state index in [-0.39, 0.29) is 0 Å². The first-order valence-electron chi connectivity index (χ1n) is 4.44. The predicted molar refractivity (Wildman–Crippen MR) is 60.6 cm³/mol. The van der Waals surface area contributed by atoms with Crippen LogP contribution in [0.25, 0.3) is 10.7 Å². The van der Waals surface area contributed by atoms with Crippen LogP contribution in [0, 0.1) is 0 Å². The van der Waals surface area contributed by atoms with Crippen molar-refractivity contribution in [2.45, 2.75) is 12.8 Å². The van der Waals surface area contributed by atoms with Crippen molar-refractivity contribution < 1.29 is 0 Å².